The Balaban J connectivity index is 1.61. The van der Waals surface area contributed by atoms with Gasteiger partial charge in [-0.15, -0.1) is 0 Å². The van der Waals surface area contributed by atoms with Gasteiger partial charge in [0.15, 0.2) is 0 Å². The van der Waals surface area contributed by atoms with Crippen LogP contribution in [-0.4, -0.2) is 60.9 Å². The quantitative estimate of drug-likeness (QED) is 0.485. The summed E-state index contributed by atoms with van der Waals surface area (Å²) in [6, 6.07) is 13.7. The Morgan fingerprint density at radius 3 is 2.34 bits per heavy atom. The van der Waals surface area contributed by atoms with Gasteiger partial charge in [0.2, 0.25) is 27.6 Å². The molecule has 0 radical (unpaired) electrons. The van der Waals surface area contributed by atoms with Crippen LogP contribution in [0.25, 0.3) is 11.4 Å². The molecule has 0 atom stereocenters. The summed E-state index contributed by atoms with van der Waals surface area (Å²) in [5.74, 6) is 0.982. The molecule has 1 aromatic heterocycles. The van der Waals surface area contributed by atoms with E-state index in [1.807, 2.05) is 38.1 Å². The predicted octanol–water partition coefficient (Wildman–Crippen LogP) is 2.72. The van der Waals surface area contributed by atoms with Crippen LogP contribution in [0.3, 0.4) is 0 Å². The number of likely N-dealkylation sites (N-methyl/N-ethyl adjacent to an activating group) is 2. The summed E-state index contributed by atoms with van der Waals surface area (Å²) < 4.78 is 37.1. The minimum absolute atomic E-state index is 0.0568. The van der Waals surface area contributed by atoms with Crippen LogP contribution in [0, 0.1) is 6.92 Å². The second kappa shape index (κ2) is 9.92. The number of amides is 1. The molecular weight excluding hydrogens is 432 g/mol. The molecule has 0 saturated heterocycles. The number of carbonyl (C=O) groups excluding carboxylic acids is 1. The van der Waals surface area contributed by atoms with Crippen LogP contribution < -0.4 is 4.74 Å². The maximum absolute atomic E-state index is 12.7. The van der Waals surface area contributed by atoms with Crippen LogP contribution >= 0.6 is 0 Å². The molecule has 0 fully saturated rings. The molecule has 0 unspecified atom stereocenters. The number of ether oxygens (including phenoxy) is 1. The summed E-state index contributed by atoms with van der Waals surface area (Å²) in [5.41, 5.74) is 1.70. The van der Waals surface area contributed by atoms with Gasteiger partial charge in [0.25, 0.3) is 0 Å². The van der Waals surface area contributed by atoms with Crippen LogP contribution in [0.5, 0.6) is 5.75 Å². The van der Waals surface area contributed by atoms with Crippen molar-refractivity contribution in [2.75, 3.05) is 27.2 Å². The second-order valence-electron chi connectivity index (χ2n) is 7.29. The van der Waals surface area contributed by atoms with Gasteiger partial charge in [-0.3, -0.25) is 4.79 Å². The van der Waals surface area contributed by atoms with Crippen molar-refractivity contribution in [3.05, 3.63) is 60.0 Å². The highest BCUT2D eigenvalue weighted by Crippen LogP contribution is 2.20. The topological polar surface area (TPSA) is 106 Å². The lowest BCUT2D eigenvalue weighted by atomic mass is 10.2. The minimum Gasteiger partial charge on any atom is -0.494 e. The molecule has 0 aliphatic carbocycles. The summed E-state index contributed by atoms with van der Waals surface area (Å²) >= 11 is 0. The molecule has 9 nitrogen and oxygen atoms in total. The number of rotatable bonds is 9. The predicted molar refractivity (Wildman–Crippen MR) is 118 cm³/mol. The summed E-state index contributed by atoms with van der Waals surface area (Å²) in [6.45, 7) is 4.10. The fraction of sp³-hybridized carbons (Fsp3) is 0.318. The Hall–Kier alpha value is -3.24. The van der Waals surface area contributed by atoms with Crippen molar-refractivity contribution >= 4 is 15.9 Å². The first kappa shape index (κ1) is 23.4. The SMILES string of the molecule is CCOc1ccc(-c2noc(CN(C)C(=O)CN(C)S(=O)(=O)c3ccc(C)cc3)n2)cc1. The number of nitrogens with zero attached hydrogens (tertiary/aromatic N) is 4. The van der Waals surface area contributed by atoms with Crippen LogP contribution in [0.1, 0.15) is 18.4 Å². The largest absolute Gasteiger partial charge is 0.494 e. The molecule has 0 aliphatic heterocycles. The third kappa shape index (κ3) is 5.51. The van der Waals surface area contributed by atoms with Crippen molar-refractivity contribution in [1.29, 1.82) is 0 Å². The van der Waals surface area contributed by atoms with E-state index in [9.17, 15) is 13.2 Å². The second-order valence-corrected chi connectivity index (χ2v) is 9.34. The molecule has 0 spiro atoms. The lowest BCUT2D eigenvalue weighted by Gasteiger charge is -2.20. The van der Waals surface area contributed by atoms with Crippen LogP contribution in [0.2, 0.25) is 0 Å². The highest BCUT2D eigenvalue weighted by molar-refractivity contribution is 7.89. The molecule has 2 aromatic carbocycles. The smallest absolute Gasteiger partial charge is 0.246 e. The van der Waals surface area contributed by atoms with Crippen molar-refractivity contribution < 1.29 is 22.5 Å². The normalized spacial score (nSPS) is 11.5. The van der Waals surface area contributed by atoms with Gasteiger partial charge in [-0.1, -0.05) is 22.9 Å². The first-order valence-electron chi connectivity index (χ1n) is 10.0. The van der Waals surface area contributed by atoms with Gasteiger partial charge >= 0.3 is 0 Å². The van der Waals surface area contributed by atoms with Crippen molar-refractivity contribution in [2.24, 2.45) is 0 Å². The molecular formula is C22H26N4O5S. The zero-order chi connectivity index (χ0) is 23.3. The number of sulfonamides is 1. The van der Waals surface area contributed by atoms with Gasteiger partial charge in [0, 0.05) is 19.7 Å². The zero-order valence-corrected chi connectivity index (χ0v) is 19.3. The van der Waals surface area contributed by atoms with E-state index in [2.05, 4.69) is 10.1 Å². The van der Waals surface area contributed by atoms with E-state index in [1.54, 1.807) is 19.2 Å². The van der Waals surface area contributed by atoms with E-state index >= 15 is 0 Å². The van der Waals surface area contributed by atoms with Crippen molar-refractivity contribution in [3.63, 3.8) is 0 Å². The minimum atomic E-state index is -3.77. The van der Waals surface area contributed by atoms with Crippen LogP contribution in [-0.2, 0) is 21.4 Å². The van der Waals surface area contributed by atoms with Gasteiger partial charge < -0.3 is 14.2 Å². The molecule has 32 heavy (non-hydrogen) atoms. The average Bonchev–Trinajstić information content (AvgIpc) is 3.23. The van der Waals surface area contributed by atoms with Crippen LogP contribution in [0.4, 0.5) is 0 Å². The summed E-state index contributed by atoms with van der Waals surface area (Å²) in [7, 11) is -0.849. The Kier molecular flexibility index (Phi) is 7.26. The Labute approximate surface area is 187 Å². The first-order valence-corrected chi connectivity index (χ1v) is 11.5. The molecule has 1 heterocycles. The lowest BCUT2D eigenvalue weighted by Crippen LogP contribution is -2.39. The fourth-order valence-electron chi connectivity index (χ4n) is 2.88. The molecule has 3 rings (SSSR count). The standard InChI is InChI=1S/C22H26N4O5S/c1-5-30-18-10-8-17(9-11-18)22-23-20(31-24-22)14-25(3)21(27)15-26(4)32(28,29)19-12-6-16(2)7-13-19/h6-13H,5,14-15H2,1-4H3. The summed E-state index contributed by atoms with van der Waals surface area (Å²) in [6.07, 6.45) is 0. The molecule has 10 heteroatoms. The van der Waals surface area contributed by atoms with E-state index in [4.69, 9.17) is 9.26 Å². The molecule has 0 bridgehead atoms. The van der Waals surface area contributed by atoms with E-state index in [0.29, 0.717) is 12.4 Å². The number of aromatic nitrogens is 2. The van der Waals surface area contributed by atoms with E-state index in [0.717, 1.165) is 21.2 Å². The van der Waals surface area contributed by atoms with Crippen molar-refractivity contribution in [3.8, 4) is 17.1 Å². The molecule has 3 aromatic rings. The number of hydrogen-bond donors (Lipinski definition) is 0. The van der Waals surface area contributed by atoms with Gasteiger partial charge in [-0.25, -0.2) is 8.42 Å². The number of carbonyl (C=O) groups is 1. The third-order valence-electron chi connectivity index (χ3n) is 4.78. The number of hydrogen-bond acceptors (Lipinski definition) is 7. The molecule has 170 valence electrons. The number of aryl methyl sites for hydroxylation is 1. The highest BCUT2D eigenvalue weighted by Gasteiger charge is 2.25. The fourth-order valence-corrected chi connectivity index (χ4v) is 4.00. The molecule has 0 N–H and O–H groups in total. The maximum atomic E-state index is 12.7. The van der Waals surface area contributed by atoms with Gasteiger partial charge in [0.05, 0.1) is 24.6 Å². The van der Waals surface area contributed by atoms with E-state index < -0.39 is 15.9 Å². The van der Waals surface area contributed by atoms with Gasteiger partial charge in [-0.05, 0) is 50.2 Å². The highest BCUT2D eigenvalue weighted by atomic mass is 32.2. The third-order valence-corrected chi connectivity index (χ3v) is 6.59. The van der Waals surface area contributed by atoms with E-state index in [1.165, 1.54) is 24.1 Å². The average molecular weight is 459 g/mol. The molecule has 0 saturated carbocycles. The summed E-state index contributed by atoms with van der Waals surface area (Å²) in [5, 5.41) is 3.95. The summed E-state index contributed by atoms with van der Waals surface area (Å²) in [4.78, 5) is 18.4. The lowest BCUT2D eigenvalue weighted by molar-refractivity contribution is -0.130. The Bertz CT molecular complexity index is 1160. The Morgan fingerprint density at radius 1 is 1.06 bits per heavy atom. The molecule has 0 aliphatic rings. The van der Waals surface area contributed by atoms with Gasteiger partial charge in [-0.2, -0.15) is 9.29 Å². The first-order chi connectivity index (χ1) is 15.2. The maximum Gasteiger partial charge on any atom is 0.246 e. The van der Waals surface area contributed by atoms with Crippen LogP contribution in [0.15, 0.2) is 57.9 Å². The van der Waals surface area contributed by atoms with Gasteiger partial charge in [0.1, 0.15) is 5.75 Å². The Morgan fingerprint density at radius 2 is 1.72 bits per heavy atom. The monoisotopic (exact) mass is 458 g/mol. The van der Waals surface area contributed by atoms with E-state index in [-0.39, 0.29) is 23.9 Å². The number of benzene rings is 2. The molecule has 1 amide bonds. The van der Waals surface area contributed by atoms with Crippen molar-refractivity contribution in [2.45, 2.75) is 25.3 Å². The van der Waals surface area contributed by atoms with Crippen molar-refractivity contribution in [1.82, 2.24) is 19.3 Å². The zero-order valence-electron chi connectivity index (χ0n) is 18.5.